The van der Waals surface area contributed by atoms with Crippen molar-refractivity contribution in [1.82, 2.24) is 0 Å². The quantitative estimate of drug-likeness (QED) is 0.721. The number of aliphatic hydroxyl groups is 1. The normalized spacial score (nSPS) is 16.2. The summed E-state index contributed by atoms with van der Waals surface area (Å²) in [5.41, 5.74) is 4.05. The van der Waals surface area contributed by atoms with E-state index in [0.29, 0.717) is 17.4 Å². The third-order valence-electron chi connectivity index (χ3n) is 3.98. The number of nitrogens with one attached hydrogen (secondary N) is 1. The molecule has 2 heterocycles. The van der Waals surface area contributed by atoms with Crippen LogP contribution in [0, 0.1) is 5.82 Å². The summed E-state index contributed by atoms with van der Waals surface area (Å²) in [5, 5.41) is 13.4. The van der Waals surface area contributed by atoms with Gasteiger partial charge in [0.25, 0.3) is 11.8 Å². The maximum absolute atomic E-state index is 13.0. The third-order valence-corrected chi connectivity index (χ3v) is 6.15. The molecule has 0 atom stereocenters. The minimum absolute atomic E-state index is 0.170. The van der Waals surface area contributed by atoms with Gasteiger partial charge in [-0.25, -0.2) is 4.39 Å². The molecule has 4 N–H and O–H groups in total. The Hall–Kier alpha value is -1.94. The Morgan fingerprint density at radius 2 is 1.92 bits per heavy atom. The van der Waals surface area contributed by atoms with E-state index < -0.39 is 17.4 Å². The first-order valence-electron chi connectivity index (χ1n) is 7.86. The molecule has 138 valence electrons. The largest absolute Gasteiger partial charge is 0.381 e. The lowest BCUT2D eigenvalue weighted by atomic mass is 9.93. The molecule has 1 aliphatic heterocycles. The van der Waals surface area contributed by atoms with E-state index in [0.717, 1.165) is 4.90 Å². The Labute approximate surface area is 157 Å². The average molecular weight is 396 g/mol. The van der Waals surface area contributed by atoms with E-state index in [9.17, 15) is 19.1 Å². The Bertz CT molecular complexity index is 817. The van der Waals surface area contributed by atoms with Crippen LogP contribution in [-0.2, 0) is 9.53 Å². The van der Waals surface area contributed by atoms with Crippen LogP contribution in [0.4, 0.5) is 9.39 Å². The van der Waals surface area contributed by atoms with Crippen LogP contribution in [0.2, 0.25) is 0 Å². The predicted molar refractivity (Wildman–Crippen MR) is 97.0 cm³/mol. The first-order chi connectivity index (χ1) is 12.4. The van der Waals surface area contributed by atoms with Crippen LogP contribution in [0.1, 0.15) is 23.2 Å². The second kappa shape index (κ2) is 7.75. The minimum Gasteiger partial charge on any atom is -0.381 e. The number of benzene rings is 1. The second-order valence-electron chi connectivity index (χ2n) is 5.83. The number of carbonyl (C=O) groups excluding carboxylic acids is 2. The fourth-order valence-electron chi connectivity index (χ4n) is 2.47. The fourth-order valence-corrected chi connectivity index (χ4v) is 4.65. The van der Waals surface area contributed by atoms with E-state index in [4.69, 9.17) is 10.5 Å². The molecule has 1 aromatic carbocycles. The summed E-state index contributed by atoms with van der Waals surface area (Å²) in [6.07, 6.45) is 0.376. The van der Waals surface area contributed by atoms with Crippen molar-refractivity contribution in [1.29, 1.82) is 0 Å². The number of ether oxygens (including phenoxy) is 1. The lowest BCUT2D eigenvalue weighted by Gasteiger charge is -2.30. The summed E-state index contributed by atoms with van der Waals surface area (Å²) in [4.78, 5) is 24.9. The van der Waals surface area contributed by atoms with Crippen molar-refractivity contribution in [2.24, 2.45) is 5.73 Å². The molecule has 9 heteroatoms. The summed E-state index contributed by atoms with van der Waals surface area (Å²) >= 11 is 2.49. The molecule has 26 heavy (non-hydrogen) atoms. The van der Waals surface area contributed by atoms with Gasteiger partial charge in [0.15, 0.2) is 0 Å². The van der Waals surface area contributed by atoms with Crippen LogP contribution in [0.5, 0.6) is 0 Å². The standard InChI is InChI=1S/C17H17FN2O4S2/c18-10-1-3-11(4-2-10)25-13-9-12(14(19)21)15(26-13)20-16(22)17(23)5-7-24-8-6-17/h1-4,9,23H,5-8H2,(H2,19,21)(H,20,22). The van der Waals surface area contributed by atoms with Gasteiger partial charge in [-0.3, -0.25) is 9.59 Å². The molecule has 6 nitrogen and oxygen atoms in total. The molecule has 1 saturated heterocycles. The molecular weight excluding hydrogens is 379 g/mol. The van der Waals surface area contributed by atoms with E-state index in [1.165, 1.54) is 35.2 Å². The van der Waals surface area contributed by atoms with Gasteiger partial charge >= 0.3 is 0 Å². The predicted octanol–water partition coefficient (Wildman–Crippen LogP) is 2.62. The van der Waals surface area contributed by atoms with Gasteiger partial charge in [0.2, 0.25) is 0 Å². The molecule has 2 aromatic rings. The van der Waals surface area contributed by atoms with Crippen LogP contribution >= 0.6 is 23.1 Å². The van der Waals surface area contributed by atoms with E-state index in [1.54, 1.807) is 18.2 Å². The van der Waals surface area contributed by atoms with Crippen LogP contribution in [0.3, 0.4) is 0 Å². The average Bonchev–Trinajstić information content (AvgIpc) is 3.00. The van der Waals surface area contributed by atoms with Gasteiger partial charge in [0.05, 0.1) is 9.77 Å². The number of nitrogens with two attached hydrogens (primary N) is 1. The second-order valence-corrected chi connectivity index (χ2v) is 8.25. The van der Waals surface area contributed by atoms with E-state index in [1.807, 2.05) is 0 Å². The maximum atomic E-state index is 13.0. The number of thiophene rings is 1. The Morgan fingerprint density at radius 1 is 1.27 bits per heavy atom. The number of hydrogen-bond acceptors (Lipinski definition) is 6. The van der Waals surface area contributed by atoms with Crippen molar-refractivity contribution in [2.75, 3.05) is 18.5 Å². The van der Waals surface area contributed by atoms with Crippen LogP contribution in [0.15, 0.2) is 39.4 Å². The smallest absolute Gasteiger partial charge is 0.257 e. The number of carbonyl (C=O) groups is 2. The SMILES string of the molecule is NC(=O)c1cc(Sc2ccc(F)cc2)sc1NC(=O)C1(O)CCOCC1. The highest BCUT2D eigenvalue weighted by Gasteiger charge is 2.38. The summed E-state index contributed by atoms with van der Waals surface area (Å²) in [6, 6.07) is 7.49. The van der Waals surface area contributed by atoms with Gasteiger partial charge in [-0.1, -0.05) is 11.8 Å². The Balaban J connectivity index is 1.79. The summed E-state index contributed by atoms with van der Waals surface area (Å²) < 4.78 is 18.9. The molecule has 0 radical (unpaired) electrons. The van der Waals surface area contributed by atoms with Gasteiger partial charge in [0.1, 0.15) is 16.4 Å². The number of anilines is 1. The number of amides is 2. The molecule has 1 aromatic heterocycles. The Morgan fingerprint density at radius 3 is 2.54 bits per heavy atom. The molecular formula is C17H17FN2O4S2. The number of primary amides is 1. The Kier molecular flexibility index (Phi) is 5.61. The van der Waals surface area contributed by atoms with Gasteiger partial charge < -0.3 is 20.9 Å². The van der Waals surface area contributed by atoms with E-state index >= 15 is 0 Å². The zero-order chi connectivity index (χ0) is 18.7. The van der Waals surface area contributed by atoms with E-state index in [2.05, 4.69) is 5.32 Å². The third kappa shape index (κ3) is 4.24. The van der Waals surface area contributed by atoms with Gasteiger partial charge in [-0.05, 0) is 30.3 Å². The fraction of sp³-hybridized carbons (Fsp3) is 0.294. The minimum atomic E-state index is -1.53. The number of hydrogen-bond donors (Lipinski definition) is 3. The van der Waals surface area contributed by atoms with Crippen molar-refractivity contribution in [2.45, 2.75) is 27.5 Å². The molecule has 1 aliphatic rings. The zero-order valence-electron chi connectivity index (χ0n) is 13.7. The maximum Gasteiger partial charge on any atom is 0.257 e. The summed E-state index contributed by atoms with van der Waals surface area (Å²) in [5.74, 6) is -1.60. The van der Waals surface area contributed by atoms with E-state index in [-0.39, 0.29) is 29.2 Å². The highest BCUT2D eigenvalue weighted by Crippen LogP contribution is 2.39. The van der Waals surface area contributed by atoms with Crippen LogP contribution < -0.4 is 11.1 Å². The summed E-state index contributed by atoms with van der Waals surface area (Å²) in [7, 11) is 0. The molecule has 3 rings (SSSR count). The summed E-state index contributed by atoms with van der Waals surface area (Å²) in [6.45, 7) is 0.589. The molecule has 0 aliphatic carbocycles. The topological polar surface area (TPSA) is 102 Å². The van der Waals surface area contributed by atoms with Gasteiger partial charge in [-0.2, -0.15) is 0 Å². The molecule has 0 unspecified atom stereocenters. The highest BCUT2D eigenvalue weighted by atomic mass is 32.2. The highest BCUT2D eigenvalue weighted by molar-refractivity contribution is 8.01. The van der Waals surface area contributed by atoms with Crippen LogP contribution in [-0.4, -0.2) is 35.7 Å². The first-order valence-corrected chi connectivity index (χ1v) is 9.49. The van der Waals surface area contributed by atoms with Crippen molar-refractivity contribution >= 4 is 39.9 Å². The van der Waals surface area contributed by atoms with Crippen molar-refractivity contribution < 1.29 is 23.8 Å². The van der Waals surface area contributed by atoms with Gasteiger partial charge in [0, 0.05) is 31.0 Å². The molecule has 0 bridgehead atoms. The monoisotopic (exact) mass is 396 g/mol. The van der Waals surface area contributed by atoms with Gasteiger partial charge in [-0.15, -0.1) is 11.3 Å². The van der Waals surface area contributed by atoms with Crippen molar-refractivity contribution in [3.8, 4) is 0 Å². The zero-order valence-corrected chi connectivity index (χ0v) is 15.3. The number of rotatable bonds is 5. The van der Waals surface area contributed by atoms with Crippen molar-refractivity contribution in [3.63, 3.8) is 0 Å². The molecule has 1 fully saturated rings. The molecule has 0 spiro atoms. The van der Waals surface area contributed by atoms with Crippen molar-refractivity contribution in [3.05, 3.63) is 41.7 Å². The lowest BCUT2D eigenvalue weighted by molar-refractivity contribution is -0.143. The number of halogens is 1. The molecule has 2 amide bonds. The molecule has 0 saturated carbocycles. The van der Waals surface area contributed by atoms with Crippen LogP contribution in [0.25, 0.3) is 0 Å². The first kappa shape index (κ1) is 18.8. The lowest BCUT2D eigenvalue weighted by Crippen LogP contribution is -2.47.